The molecule has 1 heterocycles. The number of anilines is 2. The highest BCUT2D eigenvalue weighted by Gasteiger charge is 2.22. The molecule has 6 heteroatoms. The largest absolute Gasteiger partial charge is 0.372 e. The van der Waals surface area contributed by atoms with Crippen LogP contribution in [0.4, 0.5) is 10.7 Å². The van der Waals surface area contributed by atoms with E-state index in [1.807, 2.05) is 25.1 Å². The molecule has 1 amide bonds. The molecule has 1 aliphatic rings. The third kappa shape index (κ3) is 4.40. The zero-order valence-electron chi connectivity index (χ0n) is 17.7. The van der Waals surface area contributed by atoms with Crippen LogP contribution in [0.1, 0.15) is 53.8 Å². The summed E-state index contributed by atoms with van der Waals surface area (Å²) in [5.74, 6) is -0.472. The van der Waals surface area contributed by atoms with Crippen molar-refractivity contribution < 1.29 is 4.79 Å². The Bertz CT molecular complexity index is 1060. The second-order valence-electron chi connectivity index (χ2n) is 7.36. The first-order valence-corrected chi connectivity index (χ1v) is 11.2. The van der Waals surface area contributed by atoms with E-state index in [2.05, 4.69) is 36.2 Å². The van der Waals surface area contributed by atoms with Gasteiger partial charge in [0.05, 0.1) is 5.56 Å². The molecule has 0 aliphatic heterocycles. The van der Waals surface area contributed by atoms with E-state index < -0.39 is 5.91 Å². The summed E-state index contributed by atoms with van der Waals surface area (Å²) in [6, 6.07) is 10.3. The van der Waals surface area contributed by atoms with Crippen molar-refractivity contribution >= 4 is 34.0 Å². The summed E-state index contributed by atoms with van der Waals surface area (Å²) < 4.78 is 0. The minimum atomic E-state index is -0.472. The molecule has 2 aromatic rings. The monoisotopic (exact) mass is 418 g/mol. The minimum Gasteiger partial charge on any atom is -0.372 e. The van der Waals surface area contributed by atoms with Gasteiger partial charge in [0.25, 0.3) is 5.91 Å². The summed E-state index contributed by atoms with van der Waals surface area (Å²) in [5, 5.41) is 22.5. The van der Waals surface area contributed by atoms with Gasteiger partial charge in [-0.1, -0.05) is 6.07 Å². The number of carbonyl (C=O) groups excluding carboxylic acids is 1. The van der Waals surface area contributed by atoms with E-state index in [0.717, 1.165) is 61.2 Å². The van der Waals surface area contributed by atoms with Crippen LogP contribution >= 0.6 is 11.3 Å². The topological polar surface area (TPSA) is 79.9 Å². The lowest BCUT2D eigenvalue weighted by Gasteiger charge is -2.21. The lowest BCUT2D eigenvalue weighted by Crippen LogP contribution is -2.21. The van der Waals surface area contributed by atoms with Gasteiger partial charge in [-0.05, 0) is 81.4 Å². The molecule has 0 saturated carbocycles. The predicted molar refractivity (Wildman–Crippen MR) is 123 cm³/mol. The van der Waals surface area contributed by atoms with Crippen molar-refractivity contribution in [2.75, 3.05) is 23.3 Å². The lowest BCUT2D eigenvalue weighted by molar-refractivity contribution is -0.112. The molecule has 1 aromatic heterocycles. The average molecular weight is 419 g/mol. The first-order chi connectivity index (χ1) is 14.5. The Morgan fingerprint density at radius 2 is 1.97 bits per heavy atom. The predicted octanol–water partition coefficient (Wildman–Crippen LogP) is 5.20. The number of carbonyl (C=O) groups is 1. The maximum absolute atomic E-state index is 12.8. The molecule has 1 aliphatic carbocycles. The molecule has 0 fully saturated rings. The third-order valence-electron chi connectivity index (χ3n) is 5.56. The fourth-order valence-corrected chi connectivity index (χ4v) is 5.09. The summed E-state index contributed by atoms with van der Waals surface area (Å²) in [6.45, 7) is 8.05. The Labute approximate surface area is 182 Å². The fraction of sp³-hybridized carbons (Fsp3) is 0.375. The molecule has 0 saturated heterocycles. The van der Waals surface area contributed by atoms with Gasteiger partial charge in [0.2, 0.25) is 0 Å². The van der Waals surface area contributed by atoms with Gasteiger partial charge in [-0.2, -0.15) is 10.5 Å². The Kier molecular flexibility index (Phi) is 6.92. The molecule has 1 N–H and O–H groups in total. The van der Waals surface area contributed by atoms with Crippen molar-refractivity contribution in [3.05, 3.63) is 50.9 Å². The normalized spacial score (nSPS) is 13.2. The van der Waals surface area contributed by atoms with Gasteiger partial charge in [-0.15, -0.1) is 11.3 Å². The number of rotatable bonds is 6. The Morgan fingerprint density at radius 1 is 1.23 bits per heavy atom. The Balaban J connectivity index is 1.85. The van der Waals surface area contributed by atoms with E-state index in [9.17, 15) is 15.3 Å². The SMILES string of the molecule is CCN(CC)c1ccc(C=C(C#N)C(=O)Nc2sc3c(c2C#N)CCCC3)c(C)c1. The van der Waals surface area contributed by atoms with Crippen LogP contribution in [-0.4, -0.2) is 19.0 Å². The number of nitriles is 2. The van der Waals surface area contributed by atoms with Crippen molar-refractivity contribution in [3.8, 4) is 12.1 Å². The van der Waals surface area contributed by atoms with E-state index in [1.165, 1.54) is 16.2 Å². The highest BCUT2D eigenvalue weighted by molar-refractivity contribution is 7.16. The van der Waals surface area contributed by atoms with E-state index >= 15 is 0 Å². The maximum Gasteiger partial charge on any atom is 0.266 e. The minimum absolute atomic E-state index is 0.0314. The number of benzene rings is 1. The van der Waals surface area contributed by atoms with Gasteiger partial charge in [0, 0.05) is 23.7 Å². The van der Waals surface area contributed by atoms with Gasteiger partial charge >= 0.3 is 0 Å². The van der Waals surface area contributed by atoms with E-state index in [1.54, 1.807) is 6.08 Å². The van der Waals surface area contributed by atoms with Gasteiger partial charge < -0.3 is 10.2 Å². The van der Waals surface area contributed by atoms with Gasteiger partial charge in [0.1, 0.15) is 22.7 Å². The van der Waals surface area contributed by atoms with Crippen LogP contribution in [0.3, 0.4) is 0 Å². The second-order valence-corrected chi connectivity index (χ2v) is 8.47. The molecule has 3 rings (SSSR count). The number of aryl methyl sites for hydroxylation is 2. The average Bonchev–Trinajstić information content (AvgIpc) is 3.10. The molecule has 30 heavy (non-hydrogen) atoms. The zero-order valence-corrected chi connectivity index (χ0v) is 18.5. The zero-order chi connectivity index (χ0) is 21.7. The molecule has 0 atom stereocenters. The van der Waals surface area contributed by atoms with Crippen molar-refractivity contribution in [1.82, 2.24) is 0 Å². The first-order valence-electron chi connectivity index (χ1n) is 10.4. The van der Waals surface area contributed by atoms with Crippen LogP contribution in [0.2, 0.25) is 0 Å². The van der Waals surface area contributed by atoms with Gasteiger partial charge in [-0.25, -0.2) is 0 Å². The first kappa shape index (κ1) is 21.6. The molecule has 0 spiro atoms. The van der Waals surface area contributed by atoms with Crippen molar-refractivity contribution in [1.29, 1.82) is 10.5 Å². The van der Waals surface area contributed by atoms with Crippen molar-refractivity contribution in [2.45, 2.75) is 46.5 Å². The number of nitrogens with zero attached hydrogens (tertiary/aromatic N) is 3. The molecule has 5 nitrogen and oxygen atoms in total. The summed E-state index contributed by atoms with van der Waals surface area (Å²) in [4.78, 5) is 16.2. The second kappa shape index (κ2) is 9.61. The highest BCUT2D eigenvalue weighted by atomic mass is 32.1. The van der Waals surface area contributed by atoms with Crippen LogP contribution < -0.4 is 10.2 Å². The molecule has 0 unspecified atom stereocenters. The van der Waals surface area contributed by atoms with Gasteiger partial charge in [-0.3, -0.25) is 4.79 Å². The van der Waals surface area contributed by atoms with Crippen LogP contribution in [0.25, 0.3) is 6.08 Å². The highest BCUT2D eigenvalue weighted by Crippen LogP contribution is 2.37. The number of hydrogen-bond acceptors (Lipinski definition) is 5. The number of amides is 1. The molecule has 154 valence electrons. The van der Waals surface area contributed by atoms with E-state index in [4.69, 9.17) is 0 Å². The molecule has 0 radical (unpaired) electrons. The molecule has 0 bridgehead atoms. The molecule has 1 aromatic carbocycles. The van der Waals surface area contributed by atoms with E-state index in [-0.39, 0.29) is 5.57 Å². The summed E-state index contributed by atoms with van der Waals surface area (Å²) in [7, 11) is 0. The number of nitrogens with one attached hydrogen (secondary N) is 1. The fourth-order valence-electron chi connectivity index (χ4n) is 3.85. The third-order valence-corrected chi connectivity index (χ3v) is 6.76. The van der Waals surface area contributed by atoms with E-state index in [0.29, 0.717) is 10.6 Å². The number of hydrogen-bond donors (Lipinski definition) is 1. The lowest BCUT2D eigenvalue weighted by atomic mass is 9.96. The molecular formula is C24H26N4OS. The van der Waals surface area contributed by atoms with Crippen molar-refractivity contribution in [3.63, 3.8) is 0 Å². The number of fused-ring (bicyclic) bond motifs is 1. The molecular weight excluding hydrogens is 392 g/mol. The van der Waals surface area contributed by atoms with Crippen LogP contribution in [-0.2, 0) is 17.6 Å². The smallest absolute Gasteiger partial charge is 0.266 e. The summed E-state index contributed by atoms with van der Waals surface area (Å²) >= 11 is 1.47. The van der Waals surface area contributed by atoms with Crippen LogP contribution in [0.15, 0.2) is 23.8 Å². The maximum atomic E-state index is 12.8. The summed E-state index contributed by atoms with van der Waals surface area (Å²) in [6.07, 6.45) is 5.62. The van der Waals surface area contributed by atoms with Crippen LogP contribution in [0.5, 0.6) is 0 Å². The summed E-state index contributed by atoms with van der Waals surface area (Å²) in [5.41, 5.74) is 4.62. The van der Waals surface area contributed by atoms with Crippen molar-refractivity contribution in [2.24, 2.45) is 0 Å². The Hall–Kier alpha value is -3.09. The standard InChI is InChI=1S/C24H26N4OS/c1-4-28(5-2)19-11-10-17(16(3)12-19)13-18(14-25)23(29)27-24-21(15-26)20-8-6-7-9-22(20)30-24/h10-13H,4-9H2,1-3H3,(H,27,29). The Morgan fingerprint density at radius 3 is 2.60 bits per heavy atom. The van der Waals surface area contributed by atoms with Crippen LogP contribution in [0, 0.1) is 29.6 Å². The quantitative estimate of drug-likeness (QED) is 0.516. The number of thiophene rings is 1. The van der Waals surface area contributed by atoms with Gasteiger partial charge in [0.15, 0.2) is 0 Å².